The number of hydrogen-bond acceptors (Lipinski definition) is 2. The molecule has 0 aliphatic heterocycles. The number of anilines is 2. The number of nitrogens with one attached hydrogen (secondary N) is 1. The van der Waals surface area contributed by atoms with Crippen molar-refractivity contribution in [3.05, 3.63) is 57.6 Å². The highest BCUT2D eigenvalue weighted by atomic mass is 79.9. The van der Waals surface area contributed by atoms with Crippen LogP contribution in [-0.4, -0.2) is 5.91 Å². The van der Waals surface area contributed by atoms with Crippen LogP contribution in [0.1, 0.15) is 15.9 Å². The van der Waals surface area contributed by atoms with Crippen molar-refractivity contribution in [2.24, 2.45) is 0 Å². The zero-order valence-electron chi connectivity index (χ0n) is 10.5. The lowest BCUT2D eigenvalue weighted by Crippen LogP contribution is -2.15. The van der Waals surface area contributed by atoms with Gasteiger partial charge in [0.2, 0.25) is 0 Å². The van der Waals surface area contributed by atoms with Gasteiger partial charge < -0.3 is 11.1 Å². The molecule has 0 heterocycles. The molecule has 20 heavy (non-hydrogen) atoms. The maximum atomic E-state index is 13.6. The molecule has 0 saturated carbocycles. The lowest BCUT2D eigenvalue weighted by atomic mass is 10.1. The van der Waals surface area contributed by atoms with E-state index in [1.165, 1.54) is 13.0 Å². The summed E-state index contributed by atoms with van der Waals surface area (Å²) in [5.74, 6) is -2.25. The molecule has 0 saturated heterocycles. The third-order valence-electron chi connectivity index (χ3n) is 2.73. The third kappa shape index (κ3) is 2.96. The molecule has 0 aliphatic rings. The molecule has 3 N–H and O–H groups in total. The highest BCUT2D eigenvalue weighted by molar-refractivity contribution is 9.10. The number of hydrogen-bond donors (Lipinski definition) is 2. The van der Waals surface area contributed by atoms with Gasteiger partial charge in [-0.3, -0.25) is 4.79 Å². The molecule has 0 fully saturated rings. The number of benzene rings is 2. The van der Waals surface area contributed by atoms with Crippen molar-refractivity contribution in [2.45, 2.75) is 6.92 Å². The van der Waals surface area contributed by atoms with E-state index in [0.717, 1.165) is 0 Å². The minimum absolute atomic E-state index is 0.202. The van der Waals surface area contributed by atoms with Crippen LogP contribution in [0.25, 0.3) is 0 Å². The van der Waals surface area contributed by atoms with Crippen LogP contribution in [0.5, 0.6) is 0 Å². The lowest BCUT2D eigenvalue weighted by Gasteiger charge is -2.09. The van der Waals surface area contributed by atoms with E-state index in [4.69, 9.17) is 5.73 Å². The third-order valence-corrected chi connectivity index (χ3v) is 3.39. The molecule has 3 nitrogen and oxygen atoms in total. The van der Waals surface area contributed by atoms with Gasteiger partial charge in [0.05, 0.1) is 11.3 Å². The van der Waals surface area contributed by atoms with Gasteiger partial charge in [0.15, 0.2) is 0 Å². The molecule has 2 aromatic carbocycles. The summed E-state index contributed by atoms with van der Waals surface area (Å²) in [4.78, 5) is 12.0. The van der Waals surface area contributed by atoms with E-state index in [0.29, 0.717) is 21.9 Å². The Hall–Kier alpha value is -1.95. The fraction of sp³-hybridized carbons (Fsp3) is 0.0714. The summed E-state index contributed by atoms with van der Waals surface area (Å²) in [6, 6.07) is 6.67. The quantitative estimate of drug-likeness (QED) is 0.815. The lowest BCUT2D eigenvalue weighted by molar-refractivity contribution is 0.102. The van der Waals surface area contributed by atoms with Gasteiger partial charge in [0.25, 0.3) is 5.91 Å². The fourth-order valence-electron chi connectivity index (χ4n) is 1.65. The van der Waals surface area contributed by atoms with Gasteiger partial charge in [0.1, 0.15) is 11.6 Å². The summed E-state index contributed by atoms with van der Waals surface area (Å²) in [5, 5.41) is 2.54. The largest absolute Gasteiger partial charge is 0.399 e. The number of amides is 1. The number of halogens is 3. The summed E-state index contributed by atoms with van der Waals surface area (Å²) >= 11 is 3.24. The summed E-state index contributed by atoms with van der Waals surface area (Å²) < 4.78 is 27.4. The number of carbonyl (C=O) groups is 1. The summed E-state index contributed by atoms with van der Waals surface area (Å²) in [5.41, 5.74) is 6.55. The Morgan fingerprint density at radius 3 is 2.55 bits per heavy atom. The van der Waals surface area contributed by atoms with E-state index in [-0.39, 0.29) is 11.1 Å². The molecule has 0 aromatic heterocycles. The molecule has 6 heteroatoms. The number of nitrogen functional groups attached to an aromatic ring is 1. The molecule has 2 rings (SSSR count). The van der Waals surface area contributed by atoms with E-state index >= 15 is 0 Å². The first-order chi connectivity index (χ1) is 9.38. The molecule has 1 amide bonds. The molecule has 0 spiro atoms. The van der Waals surface area contributed by atoms with Crippen LogP contribution in [0, 0.1) is 18.6 Å². The van der Waals surface area contributed by atoms with E-state index in [9.17, 15) is 13.6 Å². The van der Waals surface area contributed by atoms with E-state index in [1.807, 2.05) is 0 Å². The first-order valence-electron chi connectivity index (χ1n) is 5.70. The smallest absolute Gasteiger partial charge is 0.258 e. The topological polar surface area (TPSA) is 55.1 Å². The van der Waals surface area contributed by atoms with E-state index in [1.54, 1.807) is 18.2 Å². The van der Waals surface area contributed by atoms with Crippen LogP contribution in [0.2, 0.25) is 0 Å². The molecule has 0 bridgehead atoms. The minimum Gasteiger partial charge on any atom is -0.399 e. The highest BCUT2D eigenvalue weighted by Gasteiger charge is 2.15. The molecule has 0 radical (unpaired) electrons. The van der Waals surface area contributed by atoms with Gasteiger partial charge in [-0.15, -0.1) is 0 Å². The minimum atomic E-state index is -0.905. The average molecular weight is 341 g/mol. The van der Waals surface area contributed by atoms with Gasteiger partial charge in [-0.2, -0.15) is 0 Å². The van der Waals surface area contributed by atoms with Crippen molar-refractivity contribution in [3.63, 3.8) is 0 Å². The summed E-state index contributed by atoms with van der Waals surface area (Å²) in [7, 11) is 0. The fourth-order valence-corrected chi connectivity index (χ4v) is 2.15. The number of rotatable bonds is 2. The standard InChI is InChI=1S/C14H11BrF2N2O/c1-7-4-9(12(17)6-11(7)16)14(20)19-13-3-2-8(18)5-10(13)15/h2-6H,18H2,1H3,(H,19,20). The van der Waals surface area contributed by atoms with Gasteiger partial charge in [0, 0.05) is 16.2 Å². The predicted octanol–water partition coefficient (Wildman–Crippen LogP) is 3.87. The van der Waals surface area contributed by atoms with Crippen LogP contribution in [-0.2, 0) is 0 Å². The van der Waals surface area contributed by atoms with Crippen LogP contribution in [0.15, 0.2) is 34.8 Å². The van der Waals surface area contributed by atoms with Crippen molar-refractivity contribution in [1.82, 2.24) is 0 Å². The highest BCUT2D eigenvalue weighted by Crippen LogP contribution is 2.25. The molecular formula is C14H11BrF2N2O. The van der Waals surface area contributed by atoms with Crippen LogP contribution in [0.4, 0.5) is 20.2 Å². The Morgan fingerprint density at radius 1 is 1.20 bits per heavy atom. The normalized spacial score (nSPS) is 10.4. The van der Waals surface area contributed by atoms with Gasteiger partial charge >= 0.3 is 0 Å². The van der Waals surface area contributed by atoms with E-state index in [2.05, 4.69) is 21.2 Å². The zero-order chi connectivity index (χ0) is 14.9. The second-order valence-electron chi connectivity index (χ2n) is 4.27. The maximum absolute atomic E-state index is 13.6. The Kier molecular flexibility index (Phi) is 4.04. The van der Waals surface area contributed by atoms with Crippen LogP contribution >= 0.6 is 15.9 Å². The zero-order valence-corrected chi connectivity index (χ0v) is 12.1. The van der Waals surface area contributed by atoms with Crippen LogP contribution < -0.4 is 11.1 Å². The number of nitrogens with two attached hydrogens (primary N) is 1. The summed E-state index contributed by atoms with van der Waals surface area (Å²) in [6.07, 6.45) is 0. The van der Waals surface area contributed by atoms with Gasteiger partial charge in [-0.1, -0.05) is 0 Å². The SMILES string of the molecule is Cc1cc(C(=O)Nc2ccc(N)cc2Br)c(F)cc1F. The molecule has 2 aromatic rings. The Labute approximate surface area is 122 Å². The van der Waals surface area contributed by atoms with Gasteiger partial charge in [-0.05, 0) is 52.7 Å². The first-order valence-corrected chi connectivity index (χ1v) is 6.50. The van der Waals surface area contributed by atoms with Crippen LogP contribution in [0.3, 0.4) is 0 Å². The van der Waals surface area contributed by atoms with Gasteiger partial charge in [-0.25, -0.2) is 8.78 Å². The Balaban J connectivity index is 2.31. The Morgan fingerprint density at radius 2 is 1.90 bits per heavy atom. The summed E-state index contributed by atoms with van der Waals surface area (Å²) in [6.45, 7) is 1.46. The average Bonchev–Trinajstić information content (AvgIpc) is 2.37. The second-order valence-corrected chi connectivity index (χ2v) is 5.13. The molecule has 0 aliphatic carbocycles. The molecule has 0 atom stereocenters. The van der Waals surface area contributed by atoms with E-state index < -0.39 is 17.5 Å². The van der Waals surface area contributed by atoms with Crippen molar-refractivity contribution >= 4 is 33.2 Å². The number of aryl methyl sites for hydroxylation is 1. The monoisotopic (exact) mass is 340 g/mol. The first kappa shape index (κ1) is 14.5. The number of carbonyl (C=O) groups excluding carboxylic acids is 1. The van der Waals surface area contributed by atoms with Crippen molar-refractivity contribution in [2.75, 3.05) is 11.1 Å². The second kappa shape index (κ2) is 5.58. The van der Waals surface area contributed by atoms with Crippen molar-refractivity contribution in [3.8, 4) is 0 Å². The molecule has 0 unspecified atom stereocenters. The predicted molar refractivity (Wildman–Crippen MR) is 77.6 cm³/mol. The Bertz CT molecular complexity index is 689. The molecule has 104 valence electrons. The van der Waals surface area contributed by atoms with Crippen molar-refractivity contribution < 1.29 is 13.6 Å². The maximum Gasteiger partial charge on any atom is 0.258 e. The molecular weight excluding hydrogens is 330 g/mol. The van der Waals surface area contributed by atoms with Crippen molar-refractivity contribution in [1.29, 1.82) is 0 Å².